The van der Waals surface area contributed by atoms with Gasteiger partial charge >= 0.3 is 0 Å². The number of hydrogen-bond donors (Lipinski definition) is 0. The molecule has 0 bridgehead atoms. The molecule has 1 aromatic heterocycles. The molecule has 0 amide bonds. The normalized spacial score (nSPS) is 17.2. The lowest BCUT2D eigenvalue weighted by atomic mass is 10.1. The number of sulfone groups is 1. The van der Waals surface area contributed by atoms with Gasteiger partial charge in [-0.1, -0.05) is 0 Å². The standard InChI is InChI=1S/C10H8N2O3S/c11-4-7-3-8-6-16(14,15)2-1-9(8)12-10(7)5-13/h3,5H,1-2,6H2. The molecule has 82 valence electrons. The average molecular weight is 236 g/mol. The average Bonchev–Trinajstić information content (AvgIpc) is 2.26. The van der Waals surface area contributed by atoms with Crippen LogP contribution in [0.5, 0.6) is 0 Å². The van der Waals surface area contributed by atoms with Crippen molar-refractivity contribution in [2.75, 3.05) is 5.75 Å². The number of aryl methyl sites for hydroxylation is 1. The Balaban J connectivity index is 2.60. The van der Waals surface area contributed by atoms with Gasteiger partial charge in [-0.3, -0.25) is 4.79 Å². The fourth-order valence-electron chi connectivity index (χ4n) is 1.69. The molecule has 16 heavy (non-hydrogen) atoms. The van der Waals surface area contributed by atoms with Gasteiger partial charge in [-0.2, -0.15) is 5.26 Å². The van der Waals surface area contributed by atoms with E-state index in [0.29, 0.717) is 24.0 Å². The number of aldehydes is 1. The molecule has 2 rings (SSSR count). The van der Waals surface area contributed by atoms with Crippen molar-refractivity contribution in [1.29, 1.82) is 5.26 Å². The second-order valence-electron chi connectivity index (χ2n) is 3.60. The fourth-order valence-corrected chi connectivity index (χ4v) is 3.06. The van der Waals surface area contributed by atoms with Gasteiger partial charge in [0, 0.05) is 12.1 Å². The largest absolute Gasteiger partial charge is 0.296 e. The van der Waals surface area contributed by atoms with E-state index in [1.54, 1.807) is 0 Å². The first-order chi connectivity index (χ1) is 7.55. The minimum Gasteiger partial charge on any atom is -0.296 e. The Hall–Kier alpha value is -1.74. The molecule has 2 heterocycles. The lowest BCUT2D eigenvalue weighted by molar-refractivity contribution is 0.111. The van der Waals surface area contributed by atoms with Crippen LogP contribution in [0.15, 0.2) is 6.07 Å². The van der Waals surface area contributed by atoms with Gasteiger partial charge in [0.1, 0.15) is 11.8 Å². The summed E-state index contributed by atoms with van der Waals surface area (Å²) >= 11 is 0. The van der Waals surface area contributed by atoms with Crippen LogP contribution < -0.4 is 0 Å². The molecule has 1 aliphatic heterocycles. The fraction of sp³-hybridized carbons (Fsp3) is 0.300. The molecule has 0 unspecified atom stereocenters. The van der Waals surface area contributed by atoms with Crippen LogP contribution in [0, 0.1) is 11.3 Å². The van der Waals surface area contributed by atoms with Gasteiger partial charge in [0.2, 0.25) is 0 Å². The molecular weight excluding hydrogens is 228 g/mol. The highest BCUT2D eigenvalue weighted by Gasteiger charge is 2.23. The molecule has 0 saturated heterocycles. The number of nitrogens with zero attached hydrogens (tertiary/aromatic N) is 2. The highest BCUT2D eigenvalue weighted by atomic mass is 32.2. The Morgan fingerprint density at radius 1 is 1.50 bits per heavy atom. The summed E-state index contributed by atoms with van der Waals surface area (Å²) in [6.45, 7) is 0. The molecule has 5 nitrogen and oxygen atoms in total. The zero-order valence-corrected chi connectivity index (χ0v) is 9.12. The summed E-state index contributed by atoms with van der Waals surface area (Å²) in [5.41, 5.74) is 1.36. The van der Waals surface area contributed by atoms with Crippen LogP contribution in [0.3, 0.4) is 0 Å². The van der Waals surface area contributed by atoms with Crippen LogP contribution >= 0.6 is 0 Å². The lowest BCUT2D eigenvalue weighted by Gasteiger charge is -2.15. The molecule has 1 aliphatic rings. The maximum Gasteiger partial charge on any atom is 0.169 e. The van der Waals surface area contributed by atoms with Crippen molar-refractivity contribution in [3.63, 3.8) is 0 Å². The second-order valence-corrected chi connectivity index (χ2v) is 5.78. The summed E-state index contributed by atoms with van der Waals surface area (Å²) < 4.78 is 22.8. The van der Waals surface area contributed by atoms with E-state index in [2.05, 4.69) is 4.98 Å². The van der Waals surface area contributed by atoms with Crippen molar-refractivity contribution in [1.82, 2.24) is 4.98 Å². The summed E-state index contributed by atoms with van der Waals surface area (Å²) in [4.78, 5) is 14.7. The quantitative estimate of drug-likeness (QED) is 0.651. The maximum atomic E-state index is 11.4. The van der Waals surface area contributed by atoms with Crippen LogP contribution in [0.1, 0.15) is 27.3 Å². The van der Waals surface area contributed by atoms with Crippen LogP contribution in [0.25, 0.3) is 0 Å². The third kappa shape index (κ3) is 1.82. The Labute approximate surface area is 92.6 Å². The number of hydrogen-bond acceptors (Lipinski definition) is 5. The molecule has 0 aliphatic carbocycles. The number of fused-ring (bicyclic) bond motifs is 1. The smallest absolute Gasteiger partial charge is 0.169 e. The van der Waals surface area contributed by atoms with Crippen LogP contribution in [-0.4, -0.2) is 25.4 Å². The minimum absolute atomic E-state index is 0.0528. The highest BCUT2D eigenvalue weighted by Crippen LogP contribution is 2.21. The van der Waals surface area contributed by atoms with E-state index in [1.165, 1.54) is 6.07 Å². The van der Waals surface area contributed by atoms with E-state index in [1.807, 2.05) is 6.07 Å². The van der Waals surface area contributed by atoms with Crippen molar-refractivity contribution < 1.29 is 13.2 Å². The number of carbonyl (C=O) groups excluding carboxylic acids is 1. The number of carbonyl (C=O) groups is 1. The van der Waals surface area contributed by atoms with Crippen LogP contribution in [0.4, 0.5) is 0 Å². The highest BCUT2D eigenvalue weighted by molar-refractivity contribution is 7.90. The molecular formula is C10H8N2O3S. The Morgan fingerprint density at radius 2 is 2.25 bits per heavy atom. The zero-order chi connectivity index (χ0) is 11.8. The molecule has 0 spiro atoms. The van der Waals surface area contributed by atoms with E-state index in [-0.39, 0.29) is 22.8 Å². The van der Waals surface area contributed by atoms with Crippen molar-refractivity contribution >= 4 is 16.1 Å². The maximum absolute atomic E-state index is 11.4. The third-order valence-electron chi connectivity index (χ3n) is 2.48. The molecule has 1 aromatic rings. The van der Waals surface area contributed by atoms with E-state index in [0.717, 1.165) is 0 Å². The summed E-state index contributed by atoms with van der Waals surface area (Å²) in [6.07, 6.45) is 0.826. The number of rotatable bonds is 1. The summed E-state index contributed by atoms with van der Waals surface area (Å²) in [5.74, 6) is -0.0413. The van der Waals surface area contributed by atoms with E-state index >= 15 is 0 Å². The molecule has 0 fully saturated rings. The summed E-state index contributed by atoms with van der Waals surface area (Å²) in [5, 5.41) is 8.78. The molecule has 0 N–H and O–H groups in total. The van der Waals surface area contributed by atoms with Gasteiger partial charge in [0.25, 0.3) is 0 Å². The van der Waals surface area contributed by atoms with Gasteiger partial charge < -0.3 is 0 Å². The predicted molar refractivity (Wildman–Crippen MR) is 55.5 cm³/mol. The minimum atomic E-state index is -3.08. The Bertz CT molecular complexity index is 599. The van der Waals surface area contributed by atoms with Gasteiger partial charge in [0.15, 0.2) is 16.1 Å². The monoisotopic (exact) mass is 236 g/mol. The molecule has 0 aromatic carbocycles. The van der Waals surface area contributed by atoms with Gasteiger partial charge in [-0.15, -0.1) is 0 Å². The van der Waals surface area contributed by atoms with Gasteiger partial charge in [-0.05, 0) is 11.6 Å². The molecule has 6 heteroatoms. The summed E-state index contributed by atoms with van der Waals surface area (Å²) in [7, 11) is -3.08. The van der Waals surface area contributed by atoms with E-state index < -0.39 is 9.84 Å². The second kappa shape index (κ2) is 3.68. The lowest BCUT2D eigenvalue weighted by Crippen LogP contribution is -2.21. The predicted octanol–water partition coefficient (Wildman–Crippen LogP) is 0.237. The Morgan fingerprint density at radius 3 is 2.88 bits per heavy atom. The topological polar surface area (TPSA) is 87.9 Å². The number of pyridine rings is 1. The van der Waals surface area contributed by atoms with Gasteiger partial charge in [-0.25, -0.2) is 13.4 Å². The molecule has 0 saturated carbocycles. The SMILES string of the molecule is N#Cc1cc2c(nc1C=O)CCS(=O)(=O)C2. The van der Waals surface area contributed by atoms with Crippen LogP contribution in [0.2, 0.25) is 0 Å². The van der Waals surface area contributed by atoms with Crippen molar-refractivity contribution in [3.05, 3.63) is 28.6 Å². The van der Waals surface area contributed by atoms with E-state index in [9.17, 15) is 13.2 Å². The number of aromatic nitrogens is 1. The molecule has 0 atom stereocenters. The van der Waals surface area contributed by atoms with Crippen molar-refractivity contribution in [2.45, 2.75) is 12.2 Å². The third-order valence-corrected chi connectivity index (χ3v) is 4.05. The van der Waals surface area contributed by atoms with E-state index in [4.69, 9.17) is 5.26 Å². The first kappa shape index (κ1) is 10.8. The first-order valence-corrected chi connectivity index (χ1v) is 6.46. The van der Waals surface area contributed by atoms with Crippen molar-refractivity contribution in [2.24, 2.45) is 0 Å². The molecule has 0 radical (unpaired) electrons. The first-order valence-electron chi connectivity index (χ1n) is 4.64. The Kier molecular flexibility index (Phi) is 2.48. The van der Waals surface area contributed by atoms with Gasteiger partial charge in [0.05, 0.1) is 17.1 Å². The summed E-state index contributed by atoms with van der Waals surface area (Å²) in [6, 6.07) is 3.28. The zero-order valence-electron chi connectivity index (χ0n) is 8.30. The van der Waals surface area contributed by atoms with Crippen LogP contribution in [-0.2, 0) is 22.0 Å². The number of nitriles is 1. The van der Waals surface area contributed by atoms with Crippen molar-refractivity contribution in [3.8, 4) is 6.07 Å².